The maximum absolute atomic E-state index is 5.87. The molecule has 0 radical (unpaired) electrons. The van der Waals surface area contributed by atoms with E-state index in [-0.39, 0.29) is 5.28 Å². The van der Waals surface area contributed by atoms with Gasteiger partial charge in [-0.3, -0.25) is 0 Å². The van der Waals surface area contributed by atoms with Gasteiger partial charge in [-0.15, -0.1) is 0 Å². The van der Waals surface area contributed by atoms with Crippen LogP contribution in [0.15, 0.2) is 6.33 Å². The minimum Gasteiger partial charge on any atom is -0.365 e. The standard InChI is InChI=1S/C10H12ClN5/c1-2-16-5-12-8-7(16)9(13-6-3-4-6)15-10(11)14-8/h5-6H,2-4H2,1H3,(H,13,14,15). The molecule has 6 heteroatoms. The fourth-order valence-electron chi connectivity index (χ4n) is 1.71. The fourth-order valence-corrected chi connectivity index (χ4v) is 1.88. The van der Waals surface area contributed by atoms with Crippen LogP contribution in [-0.2, 0) is 6.54 Å². The second kappa shape index (κ2) is 3.59. The molecule has 5 nitrogen and oxygen atoms in total. The van der Waals surface area contributed by atoms with Gasteiger partial charge in [-0.05, 0) is 31.4 Å². The molecule has 0 aliphatic heterocycles. The Morgan fingerprint density at radius 1 is 1.50 bits per heavy atom. The Balaban J connectivity index is 2.16. The first-order valence-corrected chi connectivity index (χ1v) is 5.80. The molecule has 0 unspecified atom stereocenters. The molecule has 2 aromatic rings. The first kappa shape index (κ1) is 9.84. The number of nitrogens with zero attached hydrogens (tertiary/aromatic N) is 4. The number of rotatable bonds is 3. The van der Waals surface area contributed by atoms with Gasteiger partial charge in [-0.1, -0.05) is 0 Å². The van der Waals surface area contributed by atoms with E-state index in [9.17, 15) is 0 Å². The predicted molar refractivity (Wildman–Crippen MR) is 62.7 cm³/mol. The van der Waals surface area contributed by atoms with E-state index in [0.717, 1.165) is 17.9 Å². The van der Waals surface area contributed by atoms with E-state index in [2.05, 4.69) is 27.2 Å². The summed E-state index contributed by atoms with van der Waals surface area (Å²) in [6.45, 7) is 2.91. The summed E-state index contributed by atoms with van der Waals surface area (Å²) >= 11 is 5.87. The summed E-state index contributed by atoms with van der Waals surface area (Å²) in [6.07, 6.45) is 4.17. The predicted octanol–water partition coefficient (Wildman–Crippen LogP) is 2.07. The molecule has 1 N–H and O–H groups in total. The van der Waals surface area contributed by atoms with E-state index in [1.807, 2.05) is 4.57 Å². The summed E-state index contributed by atoms with van der Waals surface area (Å²) in [5.74, 6) is 0.803. The van der Waals surface area contributed by atoms with E-state index in [4.69, 9.17) is 11.6 Å². The van der Waals surface area contributed by atoms with E-state index >= 15 is 0 Å². The quantitative estimate of drug-likeness (QED) is 0.831. The van der Waals surface area contributed by atoms with Crippen molar-refractivity contribution < 1.29 is 0 Å². The smallest absolute Gasteiger partial charge is 0.226 e. The minimum atomic E-state index is 0.247. The van der Waals surface area contributed by atoms with Crippen molar-refractivity contribution in [3.8, 4) is 0 Å². The lowest BCUT2D eigenvalue weighted by Gasteiger charge is -2.07. The van der Waals surface area contributed by atoms with Crippen molar-refractivity contribution in [1.82, 2.24) is 19.5 Å². The topological polar surface area (TPSA) is 55.6 Å². The van der Waals surface area contributed by atoms with E-state index < -0.39 is 0 Å². The normalized spacial score (nSPS) is 15.6. The Labute approximate surface area is 97.9 Å². The number of hydrogen-bond donors (Lipinski definition) is 1. The minimum absolute atomic E-state index is 0.247. The van der Waals surface area contributed by atoms with Gasteiger partial charge in [-0.25, -0.2) is 4.98 Å². The Morgan fingerprint density at radius 2 is 2.31 bits per heavy atom. The first-order chi connectivity index (χ1) is 7.78. The molecule has 0 atom stereocenters. The summed E-state index contributed by atoms with van der Waals surface area (Å²) < 4.78 is 2.02. The number of nitrogens with one attached hydrogen (secondary N) is 1. The Kier molecular flexibility index (Phi) is 2.21. The SMILES string of the molecule is CCn1cnc2nc(Cl)nc(NC3CC3)c21. The van der Waals surface area contributed by atoms with E-state index in [1.54, 1.807) is 6.33 Å². The second-order valence-electron chi connectivity index (χ2n) is 3.96. The van der Waals surface area contributed by atoms with Gasteiger partial charge in [0.25, 0.3) is 0 Å². The molecule has 1 aliphatic carbocycles. The number of fused-ring (bicyclic) bond motifs is 1. The highest BCUT2D eigenvalue weighted by Crippen LogP contribution is 2.28. The zero-order chi connectivity index (χ0) is 11.1. The van der Waals surface area contributed by atoms with Crippen LogP contribution >= 0.6 is 11.6 Å². The molecule has 2 heterocycles. The molecule has 2 aromatic heterocycles. The van der Waals surface area contributed by atoms with Crippen LogP contribution in [0.3, 0.4) is 0 Å². The molecule has 84 valence electrons. The molecule has 3 rings (SSSR count). The van der Waals surface area contributed by atoms with Crippen LogP contribution in [0.4, 0.5) is 5.82 Å². The number of aryl methyl sites for hydroxylation is 1. The lowest BCUT2D eigenvalue weighted by Crippen LogP contribution is -2.06. The van der Waals surface area contributed by atoms with Crippen LogP contribution in [0.2, 0.25) is 5.28 Å². The molecule has 0 saturated heterocycles. The van der Waals surface area contributed by atoms with E-state index in [0.29, 0.717) is 11.7 Å². The lowest BCUT2D eigenvalue weighted by molar-refractivity contribution is 0.785. The molecule has 1 aliphatic rings. The van der Waals surface area contributed by atoms with Crippen LogP contribution in [0.25, 0.3) is 11.2 Å². The molecule has 0 amide bonds. The molecule has 0 spiro atoms. The summed E-state index contributed by atoms with van der Waals surface area (Å²) in [6, 6.07) is 0.536. The van der Waals surface area contributed by atoms with Crippen molar-refractivity contribution >= 4 is 28.6 Å². The van der Waals surface area contributed by atoms with Crippen LogP contribution in [0.1, 0.15) is 19.8 Å². The number of hydrogen-bond acceptors (Lipinski definition) is 4. The lowest BCUT2D eigenvalue weighted by atomic mass is 10.4. The van der Waals surface area contributed by atoms with Crippen molar-refractivity contribution in [2.75, 3.05) is 5.32 Å². The highest BCUT2D eigenvalue weighted by Gasteiger charge is 2.23. The second-order valence-corrected chi connectivity index (χ2v) is 4.30. The van der Waals surface area contributed by atoms with Gasteiger partial charge in [-0.2, -0.15) is 9.97 Å². The summed E-state index contributed by atoms with van der Waals surface area (Å²) in [4.78, 5) is 12.6. The van der Waals surface area contributed by atoms with Crippen LogP contribution in [0.5, 0.6) is 0 Å². The average molecular weight is 238 g/mol. The van der Waals surface area contributed by atoms with Crippen molar-refractivity contribution in [1.29, 1.82) is 0 Å². The molecule has 1 saturated carbocycles. The maximum atomic E-state index is 5.87. The zero-order valence-corrected chi connectivity index (χ0v) is 9.70. The molecule has 1 fully saturated rings. The Hall–Kier alpha value is -1.36. The van der Waals surface area contributed by atoms with Gasteiger partial charge >= 0.3 is 0 Å². The molecule has 0 aromatic carbocycles. The number of imidazole rings is 1. The first-order valence-electron chi connectivity index (χ1n) is 5.43. The highest BCUT2D eigenvalue weighted by atomic mass is 35.5. The third-order valence-electron chi connectivity index (χ3n) is 2.70. The number of halogens is 1. The van der Waals surface area contributed by atoms with Gasteiger partial charge in [0.15, 0.2) is 11.5 Å². The van der Waals surface area contributed by atoms with Crippen LogP contribution in [0, 0.1) is 0 Å². The van der Waals surface area contributed by atoms with Crippen LogP contribution in [-0.4, -0.2) is 25.6 Å². The van der Waals surface area contributed by atoms with Crippen molar-refractivity contribution in [2.45, 2.75) is 32.4 Å². The largest absolute Gasteiger partial charge is 0.365 e. The van der Waals surface area contributed by atoms with Crippen molar-refractivity contribution in [3.63, 3.8) is 0 Å². The third-order valence-corrected chi connectivity index (χ3v) is 2.87. The zero-order valence-electron chi connectivity index (χ0n) is 8.94. The fraction of sp³-hybridized carbons (Fsp3) is 0.500. The number of aromatic nitrogens is 4. The van der Waals surface area contributed by atoms with Gasteiger partial charge in [0.2, 0.25) is 5.28 Å². The van der Waals surface area contributed by atoms with Crippen molar-refractivity contribution in [2.24, 2.45) is 0 Å². The molecule has 16 heavy (non-hydrogen) atoms. The van der Waals surface area contributed by atoms with Gasteiger partial charge in [0, 0.05) is 12.6 Å². The van der Waals surface area contributed by atoms with Crippen molar-refractivity contribution in [3.05, 3.63) is 11.6 Å². The molecular weight excluding hydrogens is 226 g/mol. The van der Waals surface area contributed by atoms with Gasteiger partial charge in [0.05, 0.1) is 6.33 Å². The Morgan fingerprint density at radius 3 is 3.00 bits per heavy atom. The third kappa shape index (κ3) is 1.61. The van der Waals surface area contributed by atoms with Gasteiger partial charge < -0.3 is 9.88 Å². The number of anilines is 1. The van der Waals surface area contributed by atoms with Gasteiger partial charge in [0.1, 0.15) is 5.52 Å². The summed E-state index contributed by atoms with van der Waals surface area (Å²) in [7, 11) is 0. The maximum Gasteiger partial charge on any atom is 0.226 e. The Bertz CT molecular complexity index is 531. The summed E-state index contributed by atoms with van der Waals surface area (Å²) in [5, 5.41) is 3.61. The molecular formula is C10H12ClN5. The average Bonchev–Trinajstić information content (AvgIpc) is 2.96. The summed E-state index contributed by atoms with van der Waals surface area (Å²) in [5.41, 5.74) is 1.60. The molecule has 0 bridgehead atoms. The highest BCUT2D eigenvalue weighted by molar-refractivity contribution is 6.28. The monoisotopic (exact) mass is 237 g/mol. The van der Waals surface area contributed by atoms with E-state index in [1.165, 1.54) is 12.8 Å². The van der Waals surface area contributed by atoms with Crippen LogP contribution < -0.4 is 5.32 Å².